The molecule has 1 aromatic rings. The minimum atomic E-state index is -0.266. The number of carbonyl (C=O) groups is 2. The van der Waals surface area contributed by atoms with E-state index in [1.807, 2.05) is 5.38 Å². The second-order valence-electron chi connectivity index (χ2n) is 2.58. The fourth-order valence-electron chi connectivity index (χ4n) is 1.06. The van der Waals surface area contributed by atoms with E-state index in [0.717, 1.165) is 10.6 Å². The summed E-state index contributed by atoms with van der Waals surface area (Å²) >= 11 is 1.44. The average molecular weight is 194 g/mol. The van der Waals surface area contributed by atoms with E-state index in [2.05, 4.69) is 4.98 Å². The lowest BCUT2D eigenvalue weighted by Gasteiger charge is -2.10. The van der Waals surface area contributed by atoms with Crippen molar-refractivity contribution in [2.45, 2.75) is 6.54 Å². The Balaban J connectivity index is 2.11. The molecule has 1 aliphatic heterocycles. The molecular formula is C8H6N2O2S. The molecule has 0 aliphatic carbocycles. The van der Waals surface area contributed by atoms with Crippen molar-refractivity contribution in [1.82, 2.24) is 9.88 Å². The first-order chi connectivity index (χ1) is 6.27. The molecule has 4 nitrogen and oxygen atoms in total. The Morgan fingerprint density at radius 2 is 2.00 bits per heavy atom. The Morgan fingerprint density at radius 1 is 1.31 bits per heavy atom. The molecule has 66 valence electrons. The third-order valence-electron chi connectivity index (χ3n) is 1.70. The standard InChI is InChI=1S/C8H6N2O2S/c11-7-1-2-8(12)10(7)3-6-4-13-5-9-6/h1-2,4-5H,3H2. The Labute approximate surface area is 78.5 Å². The first kappa shape index (κ1) is 8.12. The summed E-state index contributed by atoms with van der Waals surface area (Å²) in [4.78, 5) is 27.4. The van der Waals surface area contributed by atoms with Gasteiger partial charge >= 0.3 is 0 Å². The van der Waals surface area contributed by atoms with Crippen molar-refractivity contribution >= 4 is 23.2 Å². The average Bonchev–Trinajstić information content (AvgIpc) is 2.70. The van der Waals surface area contributed by atoms with Crippen LogP contribution < -0.4 is 0 Å². The molecule has 1 aromatic heterocycles. The van der Waals surface area contributed by atoms with Crippen LogP contribution in [0.15, 0.2) is 23.0 Å². The van der Waals surface area contributed by atoms with Crippen molar-refractivity contribution in [2.75, 3.05) is 0 Å². The van der Waals surface area contributed by atoms with E-state index in [0.29, 0.717) is 0 Å². The lowest BCUT2D eigenvalue weighted by atomic mass is 10.4. The SMILES string of the molecule is O=C1C=CC(=O)N1Cc1cscn1. The molecule has 0 bridgehead atoms. The maximum Gasteiger partial charge on any atom is 0.253 e. The van der Waals surface area contributed by atoms with Gasteiger partial charge in [0.1, 0.15) is 0 Å². The summed E-state index contributed by atoms with van der Waals surface area (Å²) in [5.74, 6) is -0.531. The summed E-state index contributed by atoms with van der Waals surface area (Å²) in [6, 6.07) is 0. The van der Waals surface area contributed by atoms with Gasteiger partial charge in [0.05, 0.1) is 17.7 Å². The molecule has 0 atom stereocenters. The molecule has 0 N–H and O–H groups in total. The first-order valence-electron chi connectivity index (χ1n) is 3.68. The van der Waals surface area contributed by atoms with Gasteiger partial charge in [-0.05, 0) is 0 Å². The van der Waals surface area contributed by atoms with E-state index in [-0.39, 0.29) is 18.4 Å². The van der Waals surface area contributed by atoms with Crippen LogP contribution in [0, 0.1) is 0 Å². The Morgan fingerprint density at radius 3 is 2.54 bits per heavy atom. The van der Waals surface area contributed by atoms with Crippen molar-refractivity contribution in [3.8, 4) is 0 Å². The monoisotopic (exact) mass is 194 g/mol. The molecule has 13 heavy (non-hydrogen) atoms. The minimum absolute atomic E-state index is 0.266. The molecule has 0 saturated carbocycles. The molecule has 0 unspecified atom stereocenters. The molecule has 2 rings (SSSR count). The van der Waals surface area contributed by atoms with E-state index >= 15 is 0 Å². The van der Waals surface area contributed by atoms with Crippen LogP contribution in [0.25, 0.3) is 0 Å². The third-order valence-corrected chi connectivity index (χ3v) is 2.34. The van der Waals surface area contributed by atoms with E-state index in [1.165, 1.54) is 23.5 Å². The lowest BCUT2D eigenvalue weighted by molar-refractivity contribution is -0.137. The lowest BCUT2D eigenvalue weighted by Crippen LogP contribution is -2.29. The number of thiazole rings is 1. The Hall–Kier alpha value is -1.49. The molecule has 2 heterocycles. The molecule has 2 amide bonds. The number of hydrogen-bond donors (Lipinski definition) is 0. The zero-order chi connectivity index (χ0) is 9.26. The van der Waals surface area contributed by atoms with Gasteiger partial charge in [-0.1, -0.05) is 0 Å². The normalized spacial score (nSPS) is 15.8. The van der Waals surface area contributed by atoms with Gasteiger partial charge in [-0.3, -0.25) is 14.5 Å². The quantitative estimate of drug-likeness (QED) is 0.647. The molecule has 1 aliphatic rings. The second-order valence-corrected chi connectivity index (χ2v) is 3.29. The molecule has 5 heteroatoms. The van der Waals surface area contributed by atoms with Gasteiger partial charge in [-0.15, -0.1) is 11.3 Å². The summed E-state index contributed by atoms with van der Waals surface area (Å²) in [6.07, 6.45) is 2.55. The van der Waals surface area contributed by atoms with Crippen molar-refractivity contribution in [1.29, 1.82) is 0 Å². The summed E-state index contributed by atoms with van der Waals surface area (Å²) in [6.45, 7) is 0.272. The topological polar surface area (TPSA) is 50.3 Å². The van der Waals surface area contributed by atoms with Crippen LogP contribution in [-0.2, 0) is 16.1 Å². The van der Waals surface area contributed by atoms with Gasteiger partial charge in [0, 0.05) is 17.5 Å². The number of hydrogen-bond acceptors (Lipinski definition) is 4. The van der Waals surface area contributed by atoms with E-state index in [9.17, 15) is 9.59 Å². The third kappa shape index (κ3) is 1.50. The second kappa shape index (κ2) is 3.10. The molecular weight excluding hydrogens is 188 g/mol. The predicted octanol–water partition coefficient (Wildman–Crippen LogP) is 0.568. The van der Waals surface area contributed by atoms with Crippen molar-refractivity contribution in [2.24, 2.45) is 0 Å². The van der Waals surface area contributed by atoms with Crippen LogP contribution in [0.5, 0.6) is 0 Å². The highest BCUT2D eigenvalue weighted by Crippen LogP contribution is 2.10. The van der Waals surface area contributed by atoms with E-state index in [1.54, 1.807) is 5.51 Å². The maximum absolute atomic E-state index is 11.1. The number of amides is 2. The smallest absolute Gasteiger partial charge is 0.253 e. The number of aromatic nitrogens is 1. The molecule has 0 spiro atoms. The van der Waals surface area contributed by atoms with Crippen LogP contribution in [0.2, 0.25) is 0 Å². The first-order valence-corrected chi connectivity index (χ1v) is 4.62. The minimum Gasteiger partial charge on any atom is -0.269 e. The van der Waals surface area contributed by atoms with Gasteiger partial charge in [0.2, 0.25) is 0 Å². The van der Waals surface area contributed by atoms with Gasteiger partial charge in [0.25, 0.3) is 11.8 Å². The van der Waals surface area contributed by atoms with Gasteiger partial charge in [-0.25, -0.2) is 4.98 Å². The summed E-state index contributed by atoms with van der Waals surface area (Å²) in [5, 5.41) is 1.82. The molecule has 0 fully saturated rings. The van der Waals surface area contributed by atoms with Crippen molar-refractivity contribution in [3.05, 3.63) is 28.7 Å². The van der Waals surface area contributed by atoms with Crippen LogP contribution in [0.4, 0.5) is 0 Å². The van der Waals surface area contributed by atoms with Gasteiger partial charge in [0.15, 0.2) is 0 Å². The van der Waals surface area contributed by atoms with Crippen molar-refractivity contribution in [3.63, 3.8) is 0 Å². The zero-order valence-corrected chi connectivity index (χ0v) is 7.45. The van der Waals surface area contributed by atoms with Crippen LogP contribution >= 0.6 is 11.3 Å². The number of rotatable bonds is 2. The van der Waals surface area contributed by atoms with Crippen LogP contribution in [-0.4, -0.2) is 21.7 Å². The summed E-state index contributed by atoms with van der Waals surface area (Å²) < 4.78 is 0. The predicted molar refractivity (Wildman–Crippen MR) is 46.8 cm³/mol. The zero-order valence-electron chi connectivity index (χ0n) is 6.64. The van der Waals surface area contributed by atoms with Gasteiger partial charge in [-0.2, -0.15) is 0 Å². The fraction of sp³-hybridized carbons (Fsp3) is 0.125. The number of imide groups is 1. The van der Waals surface area contributed by atoms with Crippen molar-refractivity contribution < 1.29 is 9.59 Å². The molecule has 0 aromatic carbocycles. The molecule has 0 radical (unpaired) electrons. The number of carbonyl (C=O) groups excluding carboxylic acids is 2. The van der Waals surface area contributed by atoms with Gasteiger partial charge < -0.3 is 0 Å². The van der Waals surface area contributed by atoms with E-state index in [4.69, 9.17) is 0 Å². The highest BCUT2D eigenvalue weighted by atomic mass is 32.1. The highest BCUT2D eigenvalue weighted by molar-refractivity contribution is 7.07. The Kier molecular flexibility index (Phi) is 1.94. The number of nitrogens with zero attached hydrogens (tertiary/aromatic N) is 2. The fourth-order valence-corrected chi connectivity index (χ4v) is 1.61. The van der Waals surface area contributed by atoms with Crippen LogP contribution in [0.3, 0.4) is 0 Å². The maximum atomic E-state index is 11.1. The molecule has 0 saturated heterocycles. The largest absolute Gasteiger partial charge is 0.269 e. The summed E-state index contributed by atoms with van der Waals surface area (Å²) in [7, 11) is 0. The Bertz CT molecular complexity index is 352. The van der Waals surface area contributed by atoms with Crippen LogP contribution in [0.1, 0.15) is 5.69 Å². The van der Waals surface area contributed by atoms with E-state index < -0.39 is 0 Å². The highest BCUT2D eigenvalue weighted by Gasteiger charge is 2.23. The summed E-state index contributed by atoms with van der Waals surface area (Å²) in [5.41, 5.74) is 2.42.